The van der Waals surface area contributed by atoms with E-state index < -0.39 is 12.4 Å². The molecule has 106 valence electrons. The molecule has 1 aromatic carbocycles. The molecule has 19 heavy (non-hydrogen) atoms. The second-order valence-corrected chi connectivity index (χ2v) is 3.16. The van der Waals surface area contributed by atoms with Crippen molar-refractivity contribution < 1.29 is 28.9 Å². The lowest BCUT2D eigenvalue weighted by atomic mass is 10.2. The molecule has 0 radical (unpaired) electrons. The lowest BCUT2D eigenvalue weighted by molar-refractivity contribution is -0.110. The highest BCUT2D eigenvalue weighted by atomic mass is 16.7. The lowest BCUT2D eigenvalue weighted by Crippen LogP contribution is -2.13. The van der Waals surface area contributed by atoms with E-state index >= 15 is 0 Å². The molecule has 0 aromatic heterocycles. The van der Waals surface area contributed by atoms with Crippen LogP contribution in [0.15, 0.2) is 24.3 Å². The number of benzene rings is 1. The molecule has 3 N–H and O–H groups in total. The third-order valence-electron chi connectivity index (χ3n) is 1.91. The number of methoxy groups -OCH3 is 2. The Balaban J connectivity index is 0.000000399. The van der Waals surface area contributed by atoms with Gasteiger partial charge in [-0.15, -0.1) is 0 Å². The summed E-state index contributed by atoms with van der Waals surface area (Å²) in [6.45, 7) is -0.255. The van der Waals surface area contributed by atoms with Crippen molar-refractivity contribution in [2.75, 3.05) is 20.8 Å². The highest BCUT2D eigenvalue weighted by molar-refractivity contribution is 5.67. The third kappa shape index (κ3) is 7.02. The number of carbonyl (C=O) groups excluding carboxylic acids is 2. The normalized spacial score (nSPS) is 9.42. The van der Waals surface area contributed by atoms with E-state index in [2.05, 4.69) is 10.5 Å². The minimum atomic E-state index is -0.924. The minimum absolute atomic E-state index is 0.186. The lowest BCUT2D eigenvalue weighted by Gasteiger charge is -2.14. The summed E-state index contributed by atoms with van der Waals surface area (Å²) in [7, 11) is 3.06. The summed E-state index contributed by atoms with van der Waals surface area (Å²) in [6.07, 6.45) is -0.969. The van der Waals surface area contributed by atoms with Crippen LogP contribution in [0.5, 0.6) is 5.75 Å². The van der Waals surface area contributed by atoms with Gasteiger partial charge in [0.25, 0.3) is 0 Å². The Morgan fingerprint density at radius 1 is 1.37 bits per heavy atom. The summed E-state index contributed by atoms with van der Waals surface area (Å²) in [5.74, 6) is 0.186. The van der Waals surface area contributed by atoms with Crippen molar-refractivity contribution in [3.05, 3.63) is 29.8 Å². The fourth-order valence-electron chi connectivity index (χ4n) is 1.15. The maximum Gasteiger partial charge on any atom is 0.404 e. The van der Waals surface area contributed by atoms with Crippen LogP contribution in [0.1, 0.15) is 11.9 Å². The number of para-hydroxylation sites is 1. The largest absolute Gasteiger partial charge is 0.507 e. The Morgan fingerprint density at radius 2 is 1.95 bits per heavy atom. The van der Waals surface area contributed by atoms with E-state index in [0.29, 0.717) is 11.8 Å². The van der Waals surface area contributed by atoms with Crippen LogP contribution in [0, 0.1) is 0 Å². The molecule has 0 unspecified atom stereocenters. The van der Waals surface area contributed by atoms with Crippen LogP contribution in [0.3, 0.4) is 0 Å². The monoisotopic (exact) mass is 271 g/mol. The molecule has 0 saturated heterocycles. The number of ether oxygens (including phenoxy) is 3. The minimum Gasteiger partial charge on any atom is -0.507 e. The van der Waals surface area contributed by atoms with E-state index in [0.717, 1.165) is 0 Å². The van der Waals surface area contributed by atoms with Gasteiger partial charge in [0.2, 0.25) is 0 Å². The van der Waals surface area contributed by atoms with Crippen molar-refractivity contribution in [2.24, 2.45) is 5.73 Å². The smallest absolute Gasteiger partial charge is 0.404 e. The Labute approximate surface area is 110 Å². The Morgan fingerprint density at radius 3 is 2.32 bits per heavy atom. The van der Waals surface area contributed by atoms with Gasteiger partial charge in [0.1, 0.15) is 12.4 Å². The van der Waals surface area contributed by atoms with Crippen LogP contribution in [0.25, 0.3) is 0 Å². The summed E-state index contributed by atoms with van der Waals surface area (Å²) < 4.78 is 13.9. The van der Waals surface area contributed by atoms with Crippen molar-refractivity contribution in [3.63, 3.8) is 0 Å². The molecule has 0 spiro atoms. The number of aldehydes is 1. The number of hydrogen-bond acceptors (Lipinski definition) is 6. The second-order valence-electron chi connectivity index (χ2n) is 3.16. The first-order valence-corrected chi connectivity index (χ1v) is 5.26. The van der Waals surface area contributed by atoms with Crippen LogP contribution in [0.4, 0.5) is 4.79 Å². The zero-order valence-corrected chi connectivity index (χ0v) is 10.7. The van der Waals surface area contributed by atoms with Crippen molar-refractivity contribution in [1.82, 2.24) is 0 Å². The molecule has 0 fully saturated rings. The van der Waals surface area contributed by atoms with E-state index in [1.165, 1.54) is 14.2 Å². The highest BCUT2D eigenvalue weighted by Crippen LogP contribution is 2.25. The van der Waals surface area contributed by atoms with Crippen molar-refractivity contribution >= 4 is 12.4 Å². The topological polar surface area (TPSA) is 108 Å². The average Bonchev–Trinajstić information content (AvgIpc) is 2.40. The molecule has 7 nitrogen and oxygen atoms in total. The number of rotatable bonds is 5. The number of primary amides is 1. The molecule has 1 aromatic rings. The Hall–Kier alpha value is -2.12. The summed E-state index contributed by atoms with van der Waals surface area (Å²) in [6, 6.07) is 6.93. The first kappa shape index (κ1) is 16.9. The molecular weight excluding hydrogens is 254 g/mol. The summed E-state index contributed by atoms with van der Waals surface area (Å²) in [5, 5.41) is 9.38. The Kier molecular flexibility index (Phi) is 8.76. The van der Waals surface area contributed by atoms with E-state index in [-0.39, 0.29) is 12.4 Å². The van der Waals surface area contributed by atoms with Gasteiger partial charge in [0, 0.05) is 19.8 Å². The molecule has 0 bridgehead atoms. The molecule has 0 aliphatic heterocycles. The quantitative estimate of drug-likeness (QED) is 0.610. The maximum atomic E-state index is 9.60. The standard InChI is InChI=1S/C9H12O3.C3H5NO3/c1-11-9(12-2)7-5-3-4-6-8(7)10;4-3(6)7-2-1-5/h3-6,9-10H,1-2H3;1H,2H2,(H2,4,6). The van der Waals surface area contributed by atoms with Gasteiger partial charge in [-0.25, -0.2) is 4.79 Å². The number of amides is 1. The number of aromatic hydroxyl groups is 1. The predicted molar refractivity (Wildman–Crippen MR) is 66.5 cm³/mol. The van der Waals surface area contributed by atoms with Crippen molar-refractivity contribution in [1.29, 1.82) is 0 Å². The van der Waals surface area contributed by atoms with Crippen LogP contribution in [0.2, 0.25) is 0 Å². The maximum absolute atomic E-state index is 9.60. The number of carbonyl (C=O) groups is 2. The highest BCUT2D eigenvalue weighted by Gasteiger charge is 2.11. The number of phenols is 1. The van der Waals surface area contributed by atoms with Gasteiger partial charge in [-0.3, -0.25) is 4.79 Å². The Bertz CT molecular complexity index is 392. The summed E-state index contributed by atoms with van der Waals surface area (Å²) in [5.41, 5.74) is 5.10. The average molecular weight is 271 g/mol. The molecule has 1 amide bonds. The molecule has 1 rings (SSSR count). The first-order chi connectivity index (χ1) is 9.06. The SMILES string of the molecule is COC(OC)c1ccccc1O.NC(=O)OCC=O. The zero-order chi connectivity index (χ0) is 14.7. The van der Waals surface area contributed by atoms with Gasteiger partial charge in [-0.1, -0.05) is 18.2 Å². The molecule has 0 aliphatic rings. The summed E-state index contributed by atoms with van der Waals surface area (Å²) >= 11 is 0. The molecule has 0 aliphatic carbocycles. The van der Waals surface area contributed by atoms with Crippen LogP contribution < -0.4 is 5.73 Å². The van der Waals surface area contributed by atoms with Gasteiger partial charge >= 0.3 is 6.09 Å². The van der Waals surface area contributed by atoms with Gasteiger partial charge in [0.05, 0.1) is 0 Å². The van der Waals surface area contributed by atoms with Crippen LogP contribution in [-0.2, 0) is 19.0 Å². The predicted octanol–water partition coefficient (Wildman–Crippen LogP) is 0.964. The van der Waals surface area contributed by atoms with E-state index in [9.17, 15) is 14.7 Å². The van der Waals surface area contributed by atoms with E-state index in [1.54, 1.807) is 18.2 Å². The van der Waals surface area contributed by atoms with E-state index in [1.807, 2.05) is 6.07 Å². The first-order valence-electron chi connectivity index (χ1n) is 5.26. The summed E-state index contributed by atoms with van der Waals surface area (Å²) in [4.78, 5) is 19.0. The fourth-order valence-corrected chi connectivity index (χ4v) is 1.15. The number of hydrogen-bond donors (Lipinski definition) is 2. The van der Waals surface area contributed by atoms with Crippen molar-refractivity contribution in [2.45, 2.75) is 6.29 Å². The van der Waals surface area contributed by atoms with Gasteiger partial charge in [0.15, 0.2) is 12.6 Å². The number of phenolic OH excluding ortho intramolecular Hbond substituents is 1. The fraction of sp³-hybridized carbons (Fsp3) is 0.333. The van der Waals surface area contributed by atoms with Crippen molar-refractivity contribution in [3.8, 4) is 5.75 Å². The third-order valence-corrected chi connectivity index (χ3v) is 1.91. The molecule has 7 heteroatoms. The van der Waals surface area contributed by atoms with Crippen LogP contribution >= 0.6 is 0 Å². The van der Waals surface area contributed by atoms with E-state index in [4.69, 9.17) is 9.47 Å². The van der Waals surface area contributed by atoms with Gasteiger partial charge in [-0.2, -0.15) is 0 Å². The van der Waals surface area contributed by atoms with Gasteiger partial charge < -0.3 is 25.1 Å². The molecular formula is C12H17NO6. The molecule has 0 heterocycles. The van der Waals surface area contributed by atoms with Gasteiger partial charge in [-0.05, 0) is 6.07 Å². The zero-order valence-electron chi connectivity index (χ0n) is 10.7. The second kappa shape index (κ2) is 9.86. The molecule has 0 saturated carbocycles. The van der Waals surface area contributed by atoms with Crippen LogP contribution in [-0.4, -0.2) is 38.3 Å². The number of nitrogens with two attached hydrogens (primary N) is 1. The molecule has 0 atom stereocenters.